The van der Waals surface area contributed by atoms with Crippen molar-refractivity contribution in [3.05, 3.63) is 29.0 Å². The molecule has 0 aromatic carbocycles. The normalized spacial score (nSPS) is 21.9. The molecule has 4 heterocycles. The fourth-order valence-corrected chi connectivity index (χ4v) is 4.77. The van der Waals surface area contributed by atoms with Crippen molar-refractivity contribution in [1.82, 2.24) is 20.3 Å². The van der Waals surface area contributed by atoms with Gasteiger partial charge in [0.25, 0.3) is 5.91 Å². The third kappa shape index (κ3) is 4.02. The van der Waals surface area contributed by atoms with Gasteiger partial charge in [-0.25, -0.2) is 15.0 Å². The second-order valence-corrected chi connectivity index (χ2v) is 8.03. The highest BCUT2D eigenvalue weighted by Gasteiger charge is 2.39. The van der Waals surface area contributed by atoms with Gasteiger partial charge in [0.2, 0.25) is 0 Å². The van der Waals surface area contributed by atoms with Gasteiger partial charge >= 0.3 is 0 Å². The van der Waals surface area contributed by atoms with Crippen molar-refractivity contribution in [2.75, 3.05) is 19.8 Å². The van der Waals surface area contributed by atoms with E-state index >= 15 is 0 Å². The number of ether oxygens (including phenoxy) is 2. The van der Waals surface area contributed by atoms with Crippen LogP contribution in [0, 0.1) is 0 Å². The summed E-state index contributed by atoms with van der Waals surface area (Å²) in [6.45, 7) is 4.15. The van der Waals surface area contributed by atoms with E-state index in [9.17, 15) is 4.79 Å². The van der Waals surface area contributed by atoms with E-state index in [1.807, 2.05) is 6.92 Å². The number of hydrogen-bond acceptors (Lipinski definition) is 7. The zero-order valence-electron chi connectivity index (χ0n) is 15.4. The summed E-state index contributed by atoms with van der Waals surface area (Å²) in [6, 6.07) is 1.88. The van der Waals surface area contributed by atoms with Gasteiger partial charge in [0.1, 0.15) is 4.88 Å². The molecule has 0 bridgehead atoms. The summed E-state index contributed by atoms with van der Waals surface area (Å²) in [5.41, 5.74) is 0.659. The minimum atomic E-state index is -0.140. The summed E-state index contributed by atoms with van der Waals surface area (Å²) in [6.07, 6.45) is 7.54. The predicted molar refractivity (Wildman–Crippen MR) is 102 cm³/mol. The van der Waals surface area contributed by atoms with Crippen LogP contribution in [-0.4, -0.2) is 52.3 Å². The zero-order chi connectivity index (χ0) is 18.7. The Morgan fingerprint density at radius 3 is 2.81 bits per heavy atom. The Morgan fingerprint density at radius 2 is 2.07 bits per heavy atom. The van der Waals surface area contributed by atoms with Crippen LogP contribution in [-0.2, 0) is 15.9 Å². The lowest BCUT2D eigenvalue weighted by Crippen LogP contribution is -2.51. The first-order valence-corrected chi connectivity index (χ1v) is 10.3. The number of rotatable bonds is 4. The van der Waals surface area contributed by atoms with Gasteiger partial charge in [-0.2, -0.15) is 0 Å². The average Bonchev–Trinajstić information content (AvgIpc) is 3.14. The van der Waals surface area contributed by atoms with Gasteiger partial charge in [-0.3, -0.25) is 4.79 Å². The quantitative estimate of drug-likeness (QED) is 0.866. The van der Waals surface area contributed by atoms with Gasteiger partial charge in [0.15, 0.2) is 10.8 Å². The Bertz CT molecular complexity index is 784. The maximum Gasteiger partial charge on any atom is 0.263 e. The van der Waals surface area contributed by atoms with E-state index in [1.54, 1.807) is 18.5 Å². The summed E-state index contributed by atoms with van der Waals surface area (Å²) >= 11 is 1.36. The van der Waals surface area contributed by atoms with Crippen LogP contribution in [0.15, 0.2) is 18.5 Å². The average molecular weight is 388 g/mol. The molecule has 7 nitrogen and oxygen atoms in total. The molecule has 2 aliphatic heterocycles. The summed E-state index contributed by atoms with van der Waals surface area (Å²) < 4.78 is 11.5. The Balaban J connectivity index is 1.48. The first kappa shape index (κ1) is 18.5. The summed E-state index contributed by atoms with van der Waals surface area (Å²) in [5.74, 6) is 0.504. The molecule has 4 rings (SSSR count). The van der Waals surface area contributed by atoms with Crippen molar-refractivity contribution in [2.24, 2.45) is 0 Å². The number of thiazole rings is 1. The molecule has 1 amide bonds. The molecule has 0 radical (unpaired) electrons. The van der Waals surface area contributed by atoms with Crippen LogP contribution in [0.3, 0.4) is 0 Å². The number of nitrogens with zero attached hydrogens (tertiary/aromatic N) is 3. The molecule has 8 heteroatoms. The Kier molecular flexibility index (Phi) is 5.47. The SMILES string of the molecule is CCc1nc(-c2ncccn2)sc1C(=O)NC1CCOC2(CCOCC2)C1. The van der Waals surface area contributed by atoms with Crippen LogP contribution in [0.4, 0.5) is 0 Å². The maximum atomic E-state index is 13.0. The van der Waals surface area contributed by atoms with Gasteiger partial charge < -0.3 is 14.8 Å². The molecule has 0 aliphatic carbocycles. The van der Waals surface area contributed by atoms with Crippen molar-refractivity contribution in [2.45, 2.75) is 50.7 Å². The molecule has 27 heavy (non-hydrogen) atoms. The largest absolute Gasteiger partial charge is 0.381 e. The van der Waals surface area contributed by atoms with Crippen molar-refractivity contribution < 1.29 is 14.3 Å². The van der Waals surface area contributed by atoms with Gasteiger partial charge in [0.05, 0.1) is 11.3 Å². The van der Waals surface area contributed by atoms with Crippen molar-refractivity contribution >= 4 is 17.2 Å². The minimum Gasteiger partial charge on any atom is -0.381 e. The van der Waals surface area contributed by atoms with E-state index in [4.69, 9.17) is 9.47 Å². The van der Waals surface area contributed by atoms with E-state index in [1.165, 1.54) is 11.3 Å². The molecule has 144 valence electrons. The number of carbonyl (C=O) groups excluding carboxylic acids is 1. The van der Waals surface area contributed by atoms with Gasteiger partial charge in [-0.05, 0) is 38.2 Å². The number of nitrogens with one attached hydrogen (secondary N) is 1. The van der Waals surface area contributed by atoms with Crippen LogP contribution in [0.2, 0.25) is 0 Å². The molecule has 1 unspecified atom stereocenters. The van der Waals surface area contributed by atoms with Crippen LogP contribution >= 0.6 is 11.3 Å². The fraction of sp³-hybridized carbons (Fsp3) is 0.579. The molecular weight excluding hydrogens is 364 g/mol. The molecule has 2 aromatic heterocycles. The lowest BCUT2D eigenvalue weighted by atomic mass is 9.84. The molecule has 1 spiro atoms. The molecule has 2 fully saturated rings. The van der Waals surface area contributed by atoms with Crippen LogP contribution < -0.4 is 5.32 Å². The molecule has 2 aromatic rings. The molecule has 1 atom stereocenters. The monoisotopic (exact) mass is 388 g/mol. The third-order valence-electron chi connectivity index (χ3n) is 5.23. The molecule has 2 saturated heterocycles. The summed E-state index contributed by atoms with van der Waals surface area (Å²) in [7, 11) is 0. The Morgan fingerprint density at radius 1 is 1.30 bits per heavy atom. The first-order chi connectivity index (χ1) is 13.2. The van der Waals surface area contributed by atoms with Crippen molar-refractivity contribution in [3.63, 3.8) is 0 Å². The van der Waals surface area contributed by atoms with E-state index in [2.05, 4.69) is 20.3 Å². The van der Waals surface area contributed by atoms with E-state index in [0.29, 0.717) is 28.7 Å². The lowest BCUT2D eigenvalue weighted by Gasteiger charge is -2.43. The van der Waals surface area contributed by atoms with Crippen LogP contribution in [0.25, 0.3) is 10.8 Å². The van der Waals surface area contributed by atoms with Gasteiger partial charge in [0, 0.05) is 38.3 Å². The second-order valence-electron chi connectivity index (χ2n) is 7.03. The van der Waals surface area contributed by atoms with Crippen LogP contribution in [0.5, 0.6) is 0 Å². The lowest BCUT2D eigenvalue weighted by molar-refractivity contribution is -0.139. The third-order valence-corrected chi connectivity index (χ3v) is 6.32. The molecule has 1 N–H and O–H groups in total. The maximum absolute atomic E-state index is 13.0. The van der Waals surface area contributed by atoms with Crippen LogP contribution in [0.1, 0.15) is 48.0 Å². The summed E-state index contributed by atoms with van der Waals surface area (Å²) in [5, 5.41) is 3.90. The number of hydrogen-bond donors (Lipinski definition) is 1. The molecule has 0 saturated carbocycles. The Labute approximate surface area is 162 Å². The van der Waals surface area contributed by atoms with Gasteiger partial charge in [-0.1, -0.05) is 6.92 Å². The standard InChI is InChI=1S/C19H24N4O3S/c1-2-14-15(27-18(23-14)16-20-7-3-8-21-16)17(24)22-13-4-9-26-19(12-13)5-10-25-11-6-19/h3,7-8,13H,2,4-6,9-12H2,1H3,(H,22,24). The van der Waals surface area contributed by atoms with Gasteiger partial charge in [-0.15, -0.1) is 11.3 Å². The smallest absolute Gasteiger partial charge is 0.263 e. The minimum absolute atomic E-state index is 0.0550. The molecular formula is C19H24N4O3S. The topological polar surface area (TPSA) is 86.2 Å². The fourth-order valence-electron chi connectivity index (χ4n) is 3.77. The highest BCUT2D eigenvalue weighted by molar-refractivity contribution is 7.17. The second kappa shape index (κ2) is 8.00. The van der Waals surface area contributed by atoms with Crippen molar-refractivity contribution in [3.8, 4) is 10.8 Å². The van der Waals surface area contributed by atoms with E-state index in [0.717, 1.165) is 44.6 Å². The summed E-state index contributed by atoms with van der Waals surface area (Å²) in [4.78, 5) is 26.7. The highest BCUT2D eigenvalue weighted by Crippen LogP contribution is 2.34. The molecule has 2 aliphatic rings. The first-order valence-electron chi connectivity index (χ1n) is 9.49. The van der Waals surface area contributed by atoms with Crippen molar-refractivity contribution in [1.29, 1.82) is 0 Å². The number of aryl methyl sites for hydroxylation is 1. The van der Waals surface area contributed by atoms with E-state index in [-0.39, 0.29) is 17.6 Å². The van der Waals surface area contributed by atoms with E-state index < -0.39 is 0 Å². The number of amides is 1. The highest BCUT2D eigenvalue weighted by atomic mass is 32.1. The zero-order valence-corrected chi connectivity index (χ0v) is 16.3. The Hall–Kier alpha value is -1.90. The number of aromatic nitrogens is 3. The predicted octanol–water partition coefficient (Wildman–Crippen LogP) is 2.62. The number of carbonyl (C=O) groups is 1.